The number of carbonyl (C=O) groups is 5. The Morgan fingerprint density at radius 3 is 2.24 bits per heavy atom. The van der Waals surface area contributed by atoms with Crippen LogP contribution >= 0.6 is 0 Å². The largest absolute Gasteiger partial charge is 0.480 e. The van der Waals surface area contributed by atoms with Gasteiger partial charge in [-0.25, -0.2) is 4.79 Å². The van der Waals surface area contributed by atoms with E-state index in [1.165, 1.54) is 4.90 Å². The second-order valence-corrected chi connectivity index (χ2v) is 7.28. The van der Waals surface area contributed by atoms with Crippen molar-refractivity contribution in [3.05, 3.63) is 0 Å². The maximum Gasteiger partial charge on any atom is 0.326 e. The Labute approximate surface area is 168 Å². The number of nitrogens with one attached hydrogen (secondary N) is 2. The van der Waals surface area contributed by atoms with Gasteiger partial charge in [0.05, 0.1) is 13.0 Å². The number of aliphatic carboxylic acids is 1. The van der Waals surface area contributed by atoms with Crippen LogP contribution in [0, 0.1) is 5.92 Å². The molecule has 29 heavy (non-hydrogen) atoms. The minimum Gasteiger partial charge on any atom is -0.480 e. The van der Waals surface area contributed by atoms with E-state index in [4.69, 9.17) is 16.6 Å². The quantitative estimate of drug-likeness (QED) is 0.215. The summed E-state index contributed by atoms with van der Waals surface area (Å²) in [5.74, 6) is -4.67. The van der Waals surface area contributed by atoms with Gasteiger partial charge in [-0.1, -0.05) is 13.8 Å². The van der Waals surface area contributed by atoms with Crippen LogP contribution in [0.4, 0.5) is 0 Å². The van der Waals surface area contributed by atoms with E-state index in [1.807, 2.05) is 0 Å². The maximum absolute atomic E-state index is 12.9. The van der Waals surface area contributed by atoms with Crippen LogP contribution in [0.25, 0.3) is 0 Å². The molecule has 1 heterocycles. The van der Waals surface area contributed by atoms with Crippen LogP contribution in [0.15, 0.2) is 0 Å². The number of carboxylic acid groups (broad SMARTS) is 1. The summed E-state index contributed by atoms with van der Waals surface area (Å²) in [6, 6.07) is -4.74. The fourth-order valence-corrected chi connectivity index (χ4v) is 3.01. The van der Waals surface area contributed by atoms with Crippen molar-refractivity contribution in [2.75, 3.05) is 13.2 Å². The Morgan fingerprint density at radius 2 is 1.76 bits per heavy atom. The summed E-state index contributed by atoms with van der Waals surface area (Å²) in [5, 5.41) is 22.9. The van der Waals surface area contributed by atoms with Gasteiger partial charge in [-0.3, -0.25) is 19.2 Å². The summed E-state index contributed by atoms with van der Waals surface area (Å²) in [6.45, 7) is 2.91. The molecule has 0 aromatic carbocycles. The molecule has 4 amide bonds. The Bertz CT molecular complexity index is 654. The molecule has 0 aromatic heterocycles. The molecule has 12 nitrogen and oxygen atoms in total. The Kier molecular flexibility index (Phi) is 8.98. The number of carboxylic acids is 1. The van der Waals surface area contributed by atoms with E-state index in [0.29, 0.717) is 12.8 Å². The van der Waals surface area contributed by atoms with Crippen molar-refractivity contribution in [1.82, 2.24) is 15.5 Å². The number of carbonyl (C=O) groups excluding carboxylic acids is 4. The number of amides is 4. The van der Waals surface area contributed by atoms with E-state index >= 15 is 0 Å². The number of aliphatic hydroxyl groups excluding tert-OH is 1. The summed E-state index contributed by atoms with van der Waals surface area (Å²) >= 11 is 0. The van der Waals surface area contributed by atoms with Crippen LogP contribution in [0.1, 0.15) is 33.1 Å². The predicted molar refractivity (Wildman–Crippen MR) is 99.9 cm³/mol. The molecular formula is C17H29N5O7. The summed E-state index contributed by atoms with van der Waals surface area (Å²) in [4.78, 5) is 61.3. The Morgan fingerprint density at radius 1 is 1.14 bits per heavy atom. The first-order valence-corrected chi connectivity index (χ1v) is 9.28. The van der Waals surface area contributed by atoms with Gasteiger partial charge in [0.15, 0.2) is 0 Å². The zero-order chi connectivity index (χ0) is 22.3. The van der Waals surface area contributed by atoms with Crippen LogP contribution in [-0.4, -0.2) is 82.0 Å². The number of aliphatic hydroxyl groups is 1. The van der Waals surface area contributed by atoms with Gasteiger partial charge < -0.3 is 37.2 Å². The van der Waals surface area contributed by atoms with E-state index in [-0.39, 0.29) is 6.54 Å². The van der Waals surface area contributed by atoms with Crippen molar-refractivity contribution in [2.24, 2.45) is 17.4 Å². The van der Waals surface area contributed by atoms with Crippen LogP contribution in [0.2, 0.25) is 0 Å². The average Bonchev–Trinajstić information content (AvgIpc) is 3.13. The third-order valence-electron chi connectivity index (χ3n) is 4.62. The van der Waals surface area contributed by atoms with Crippen molar-refractivity contribution >= 4 is 29.6 Å². The molecule has 0 aliphatic carbocycles. The van der Waals surface area contributed by atoms with Crippen molar-refractivity contribution in [3.8, 4) is 0 Å². The molecule has 0 spiro atoms. The summed E-state index contributed by atoms with van der Waals surface area (Å²) in [5.41, 5.74) is 10.5. The fraction of sp³-hybridized carbons (Fsp3) is 0.706. The summed E-state index contributed by atoms with van der Waals surface area (Å²) in [6.07, 6.45) is 0.302. The Hall–Kier alpha value is -2.73. The minimum absolute atomic E-state index is 0.252. The first kappa shape index (κ1) is 24.3. The SMILES string of the molecule is CC(C)C(NC(=O)C(CC(N)=O)NC(=O)C(N)CO)C(=O)N1CCCC1C(=O)O. The van der Waals surface area contributed by atoms with Crippen molar-refractivity contribution in [1.29, 1.82) is 0 Å². The van der Waals surface area contributed by atoms with E-state index in [0.717, 1.165) is 0 Å². The third-order valence-corrected chi connectivity index (χ3v) is 4.62. The molecule has 0 saturated carbocycles. The number of nitrogens with zero attached hydrogens (tertiary/aromatic N) is 1. The first-order valence-electron chi connectivity index (χ1n) is 9.28. The number of primary amides is 1. The van der Waals surface area contributed by atoms with Gasteiger partial charge in [-0.2, -0.15) is 0 Å². The number of hydrogen-bond donors (Lipinski definition) is 6. The lowest BCUT2D eigenvalue weighted by molar-refractivity contribution is -0.150. The molecule has 4 atom stereocenters. The van der Waals surface area contributed by atoms with Crippen molar-refractivity contribution in [2.45, 2.75) is 57.3 Å². The molecule has 0 bridgehead atoms. The number of likely N-dealkylation sites (tertiary alicyclic amines) is 1. The maximum atomic E-state index is 12.9. The van der Waals surface area contributed by atoms with E-state index < -0.39 is 72.7 Å². The summed E-state index contributed by atoms with van der Waals surface area (Å²) < 4.78 is 0. The van der Waals surface area contributed by atoms with Gasteiger partial charge in [0.25, 0.3) is 0 Å². The van der Waals surface area contributed by atoms with Crippen molar-refractivity contribution < 1.29 is 34.2 Å². The first-order chi connectivity index (χ1) is 13.5. The van der Waals surface area contributed by atoms with E-state index in [2.05, 4.69) is 10.6 Å². The zero-order valence-electron chi connectivity index (χ0n) is 16.5. The lowest BCUT2D eigenvalue weighted by atomic mass is 10.0. The zero-order valence-corrected chi connectivity index (χ0v) is 16.5. The van der Waals surface area contributed by atoms with Crippen LogP contribution < -0.4 is 22.1 Å². The highest BCUT2D eigenvalue weighted by Gasteiger charge is 2.39. The molecule has 1 rings (SSSR count). The van der Waals surface area contributed by atoms with Gasteiger partial charge in [-0.15, -0.1) is 0 Å². The van der Waals surface area contributed by atoms with Gasteiger partial charge in [0, 0.05) is 6.54 Å². The molecule has 164 valence electrons. The molecule has 1 aliphatic rings. The summed E-state index contributed by atoms with van der Waals surface area (Å²) in [7, 11) is 0. The van der Waals surface area contributed by atoms with Crippen LogP contribution in [-0.2, 0) is 24.0 Å². The highest BCUT2D eigenvalue weighted by Crippen LogP contribution is 2.20. The molecule has 12 heteroatoms. The van der Waals surface area contributed by atoms with Crippen LogP contribution in [0.3, 0.4) is 0 Å². The average molecular weight is 415 g/mol. The van der Waals surface area contributed by atoms with E-state index in [1.54, 1.807) is 13.8 Å². The number of nitrogens with two attached hydrogens (primary N) is 2. The number of rotatable bonds is 10. The smallest absolute Gasteiger partial charge is 0.326 e. The lowest BCUT2D eigenvalue weighted by Crippen LogP contribution is -2.59. The molecular weight excluding hydrogens is 386 g/mol. The molecule has 8 N–H and O–H groups in total. The van der Waals surface area contributed by atoms with Crippen LogP contribution in [0.5, 0.6) is 0 Å². The standard InChI is InChI=1S/C17H29N5O7/c1-8(2)13(16(27)22-5-3-4-11(22)17(28)29)21-15(26)10(6-12(19)24)20-14(25)9(18)7-23/h8-11,13,23H,3-7,18H2,1-2H3,(H2,19,24)(H,20,25)(H,21,26)(H,28,29). The van der Waals surface area contributed by atoms with E-state index in [9.17, 15) is 29.1 Å². The molecule has 0 aromatic rings. The molecule has 1 saturated heterocycles. The topological polar surface area (TPSA) is 205 Å². The molecule has 0 radical (unpaired) electrons. The second-order valence-electron chi connectivity index (χ2n) is 7.28. The molecule has 1 aliphatic heterocycles. The molecule has 4 unspecified atom stereocenters. The lowest BCUT2D eigenvalue weighted by Gasteiger charge is -2.30. The van der Waals surface area contributed by atoms with Gasteiger partial charge in [0.1, 0.15) is 24.2 Å². The highest BCUT2D eigenvalue weighted by atomic mass is 16.4. The molecule has 1 fully saturated rings. The Balaban J connectivity index is 2.97. The fourth-order valence-electron chi connectivity index (χ4n) is 3.01. The normalized spacial score (nSPS) is 19.3. The monoisotopic (exact) mass is 415 g/mol. The third kappa shape index (κ3) is 6.68. The second kappa shape index (κ2) is 10.7. The van der Waals surface area contributed by atoms with Gasteiger partial charge in [-0.05, 0) is 18.8 Å². The van der Waals surface area contributed by atoms with Crippen molar-refractivity contribution in [3.63, 3.8) is 0 Å². The minimum atomic E-state index is -1.40. The van der Waals surface area contributed by atoms with Gasteiger partial charge >= 0.3 is 5.97 Å². The predicted octanol–water partition coefficient (Wildman–Crippen LogP) is -3.12. The number of hydrogen-bond acceptors (Lipinski definition) is 7. The van der Waals surface area contributed by atoms with Gasteiger partial charge in [0.2, 0.25) is 23.6 Å². The highest BCUT2D eigenvalue weighted by molar-refractivity contribution is 5.96.